The summed E-state index contributed by atoms with van der Waals surface area (Å²) in [7, 11) is 0. The molecule has 3 nitrogen and oxygen atoms in total. The molecule has 5 fully saturated rings. The highest BCUT2D eigenvalue weighted by atomic mass is 16.6. The SMILES string of the molecule is CC[C@]12CCC3C(C4CC4C4=CC(=O)CC[C@@H]43)C1C1CC1[C@@]21C=CC(=O)O1. The summed E-state index contributed by atoms with van der Waals surface area (Å²) >= 11 is 0. The van der Waals surface area contributed by atoms with Crippen LogP contribution in [0.2, 0.25) is 0 Å². The van der Waals surface area contributed by atoms with E-state index in [4.69, 9.17) is 4.74 Å². The second kappa shape index (κ2) is 4.60. The van der Waals surface area contributed by atoms with Gasteiger partial charge in [0.2, 0.25) is 0 Å². The predicted octanol–water partition coefficient (Wildman–Crippen LogP) is 4.08. The monoisotopic (exact) mass is 364 g/mol. The molecule has 0 bridgehead atoms. The van der Waals surface area contributed by atoms with Crippen molar-refractivity contribution in [3.63, 3.8) is 0 Å². The Balaban J connectivity index is 1.33. The number of fused-ring (bicyclic) bond motifs is 12. The second-order valence-electron chi connectivity index (χ2n) is 10.6. The minimum atomic E-state index is -0.290. The summed E-state index contributed by atoms with van der Waals surface area (Å²) in [6, 6.07) is 0. The van der Waals surface area contributed by atoms with E-state index in [0.29, 0.717) is 23.5 Å². The Morgan fingerprint density at radius 3 is 2.78 bits per heavy atom. The van der Waals surface area contributed by atoms with Crippen LogP contribution in [0.3, 0.4) is 0 Å². The van der Waals surface area contributed by atoms with E-state index >= 15 is 0 Å². The van der Waals surface area contributed by atoms with E-state index in [0.717, 1.165) is 48.9 Å². The van der Waals surface area contributed by atoms with Crippen molar-refractivity contribution >= 4 is 11.8 Å². The number of ether oxygens (including phenoxy) is 1. The Kier molecular flexibility index (Phi) is 2.65. The Labute approximate surface area is 160 Å². The molecule has 27 heavy (non-hydrogen) atoms. The predicted molar refractivity (Wildman–Crippen MR) is 99.4 cm³/mol. The summed E-state index contributed by atoms with van der Waals surface area (Å²) < 4.78 is 6.17. The average Bonchev–Trinajstić information content (AvgIpc) is 3.57. The first-order valence-corrected chi connectivity index (χ1v) is 11.3. The Morgan fingerprint density at radius 2 is 2.00 bits per heavy atom. The molecule has 7 rings (SSSR count). The molecule has 0 aromatic heterocycles. The number of carbonyl (C=O) groups excluding carboxylic acids is 2. The molecule has 7 aliphatic rings. The van der Waals surface area contributed by atoms with Crippen LogP contribution in [0.1, 0.15) is 51.9 Å². The van der Waals surface area contributed by atoms with Crippen LogP contribution in [0.25, 0.3) is 0 Å². The standard InChI is InChI=1S/C24H28O3/c1-2-23-7-5-14-13-4-3-12(25)9-15(13)16-10-17(16)21(14)22(23)18-11-19(18)24(23)8-6-20(26)27-24/h6,8-9,13-14,16-19,21-22H,2-5,7,10-11H2,1H3/t13-,14?,16?,17?,18?,19?,21?,22?,23+,24+/m1/s1. The van der Waals surface area contributed by atoms with Gasteiger partial charge in [0.05, 0.1) is 0 Å². The van der Waals surface area contributed by atoms with Crippen LogP contribution >= 0.6 is 0 Å². The lowest BCUT2D eigenvalue weighted by Crippen LogP contribution is -2.56. The third-order valence-corrected chi connectivity index (χ3v) is 10.2. The molecule has 0 radical (unpaired) electrons. The molecule has 1 spiro atoms. The highest BCUT2D eigenvalue weighted by molar-refractivity contribution is 5.91. The lowest BCUT2D eigenvalue weighted by molar-refractivity contribution is -0.172. The molecule has 142 valence electrons. The fraction of sp³-hybridized carbons (Fsp3) is 0.750. The molecule has 0 N–H and O–H groups in total. The summed E-state index contributed by atoms with van der Waals surface area (Å²) in [4.78, 5) is 24.2. The maximum atomic E-state index is 12.1. The number of hydrogen-bond donors (Lipinski definition) is 0. The van der Waals surface area contributed by atoms with Crippen LogP contribution in [0.4, 0.5) is 0 Å². The molecule has 0 aromatic carbocycles. The summed E-state index contributed by atoms with van der Waals surface area (Å²) in [5.41, 5.74) is 1.42. The quantitative estimate of drug-likeness (QED) is 0.659. The number of rotatable bonds is 1. The van der Waals surface area contributed by atoms with Gasteiger partial charge in [0, 0.05) is 23.8 Å². The Hall–Kier alpha value is -1.38. The number of esters is 1. The van der Waals surface area contributed by atoms with Crippen molar-refractivity contribution in [3.05, 3.63) is 23.8 Å². The van der Waals surface area contributed by atoms with Gasteiger partial charge in [-0.3, -0.25) is 4.79 Å². The summed E-state index contributed by atoms with van der Waals surface area (Å²) in [5, 5.41) is 0. The summed E-state index contributed by atoms with van der Waals surface area (Å²) in [5.74, 6) is 6.08. The fourth-order valence-electron chi connectivity index (χ4n) is 9.37. The number of hydrogen-bond acceptors (Lipinski definition) is 3. The topological polar surface area (TPSA) is 43.4 Å². The van der Waals surface area contributed by atoms with Crippen LogP contribution in [0.15, 0.2) is 23.8 Å². The normalized spacial score (nSPS) is 58.6. The molecule has 3 heteroatoms. The molecule has 6 aliphatic carbocycles. The number of allylic oxidation sites excluding steroid dienone is 1. The van der Waals surface area contributed by atoms with Crippen molar-refractivity contribution in [2.24, 2.45) is 52.8 Å². The highest BCUT2D eigenvalue weighted by Crippen LogP contribution is 2.81. The molecule has 10 atom stereocenters. The minimum Gasteiger partial charge on any atom is -0.451 e. The minimum absolute atomic E-state index is 0.111. The summed E-state index contributed by atoms with van der Waals surface area (Å²) in [6.07, 6.45) is 14.0. The van der Waals surface area contributed by atoms with Gasteiger partial charge in [0.25, 0.3) is 0 Å². The molecule has 5 saturated carbocycles. The van der Waals surface area contributed by atoms with E-state index in [2.05, 4.69) is 13.0 Å². The smallest absolute Gasteiger partial charge is 0.331 e. The van der Waals surface area contributed by atoms with Crippen LogP contribution in [-0.2, 0) is 14.3 Å². The van der Waals surface area contributed by atoms with Crippen molar-refractivity contribution in [2.45, 2.75) is 57.5 Å². The zero-order chi connectivity index (χ0) is 18.1. The van der Waals surface area contributed by atoms with Crippen molar-refractivity contribution < 1.29 is 14.3 Å². The van der Waals surface area contributed by atoms with E-state index in [-0.39, 0.29) is 17.0 Å². The highest BCUT2D eigenvalue weighted by Gasteiger charge is 2.80. The van der Waals surface area contributed by atoms with Crippen LogP contribution in [0.5, 0.6) is 0 Å². The van der Waals surface area contributed by atoms with Crippen molar-refractivity contribution in [3.8, 4) is 0 Å². The van der Waals surface area contributed by atoms with Crippen LogP contribution in [0, 0.1) is 52.8 Å². The zero-order valence-electron chi connectivity index (χ0n) is 16.0. The van der Waals surface area contributed by atoms with Gasteiger partial charge in [0.1, 0.15) is 5.60 Å². The third kappa shape index (κ3) is 1.60. The molecule has 1 heterocycles. The fourth-order valence-corrected chi connectivity index (χ4v) is 9.37. The number of carbonyl (C=O) groups is 2. The lowest BCUT2D eigenvalue weighted by atomic mass is 9.48. The Morgan fingerprint density at radius 1 is 1.11 bits per heavy atom. The largest absolute Gasteiger partial charge is 0.451 e. The van der Waals surface area contributed by atoms with Gasteiger partial charge in [-0.2, -0.15) is 0 Å². The van der Waals surface area contributed by atoms with E-state index in [1.54, 1.807) is 6.08 Å². The van der Waals surface area contributed by atoms with Crippen LogP contribution < -0.4 is 0 Å². The molecule has 0 amide bonds. The van der Waals surface area contributed by atoms with Crippen LogP contribution in [-0.4, -0.2) is 17.4 Å². The van der Waals surface area contributed by atoms with Gasteiger partial charge < -0.3 is 4.74 Å². The van der Waals surface area contributed by atoms with E-state index in [1.807, 2.05) is 6.08 Å². The Bertz CT molecular complexity index is 839. The molecule has 1 aliphatic heterocycles. The van der Waals surface area contributed by atoms with Gasteiger partial charge in [-0.05, 0) is 92.1 Å². The first-order valence-electron chi connectivity index (χ1n) is 11.3. The second-order valence-corrected chi connectivity index (χ2v) is 10.6. The van der Waals surface area contributed by atoms with Gasteiger partial charge >= 0.3 is 5.97 Å². The van der Waals surface area contributed by atoms with E-state index < -0.39 is 0 Å². The van der Waals surface area contributed by atoms with E-state index in [1.165, 1.54) is 31.3 Å². The third-order valence-electron chi connectivity index (χ3n) is 10.2. The van der Waals surface area contributed by atoms with Gasteiger partial charge in [-0.15, -0.1) is 0 Å². The van der Waals surface area contributed by atoms with Gasteiger partial charge in [-0.25, -0.2) is 4.79 Å². The molecular weight excluding hydrogens is 336 g/mol. The molecule has 0 saturated heterocycles. The van der Waals surface area contributed by atoms with Gasteiger partial charge in [-0.1, -0.05) is 12.5 Å². The first kappa shape index (κ1) is 15.5. The lowest BCUT2D eigenvalue weighted by Gasteiger charge is -2.58. The van der Waals surface area contributed by atoms with Crippen molar-refractivity contribution in [1.29, 1.82) is 0 Å². The van der Waals surface area contributed by atoms with E-state index in [9.17, 15) is 9.59 Å². The molecule has 7 unspecified atom stereocenters. The maximum Gasteiger partial charge on any atom is 0.331 e. The summed E-state index contributed by atoms with van der Waals surface area (Å²) in [6.45, 7) is 2.34. The average molecular weight is 364 g/mol. The van der Waals surface area contributed by atoms with Crippen molar-refractivity contribution in [1.82, 2.24) is 0 Å². The zero-order valence-corrected chi connectivity index (χ0v) is 16.0. The maximum absolute atomic E-state index is 12.1. The number of ketones is 1. The van der Waals surface area contributed by atoms with Gasteiger partial charge in [0.15, 0.2) is 5.78 Å². The molecule has 0 aromatic rings. The first-order chi connectivity index (χ1) is 13.1. The molecular formula is C24H28O3. The van der Waals surface area contributed by atoms with Crippen molar-refractivity contribution in [2.75, 3.05) is 0 Å².